The molecule has 1 amide bonds. The summed E-state index contributed by atoms with van der Waals surface area (Å²) in [6.45, 7) is 2.23. The maximum Gasteiger partial charge on any atom is 0.220 e. The summed E-state index contributed by atoms with van der Waals surface area (Å²) in [6.07, 6.45) is 4.95. The monoisotopic (exact) mass is 376 g/mol. The van der Waals surface area contributed by atoms with Gasteiger partial charge in [-0.25, -0.2) is 0 Å². The molecule has 0 atom stereocenters. The molecule has 0 saturated heterocycles. The van der Waals surface area contributed by atoms with Crippen LogP contribution in [0.1, 0.15) is 24.0 Å². The van der Waals surface area contributed by atoms with E-state index < -0.39 is 0 Å². The van der Waals surface area contributed by atoms with E-state index in [1.165, 1.54) is 11.1 Å². The number of nitrogens with zero attached hydrogens (tertiary/aromatic N) is 3. The highest BCUT2D eigenvalue weighted by molar-refractivity contribution is 5.76. The molecule has 1 N–H and O–H groups in total. The third-order valence-corrected chi connectivity index (χ3v) is 4.61. The van der Waals surface area contributed by atoms with Gasteiger partial charge in [0.05, 0.1) is 0 Å². The molecule has 2 aromatic carbocycles. The lowest BCUT2D eigenvalue weighted by molar-refractivity contribution is -0.121. The lowest BCUT2D eigenvalue weighted by atomic mass is 9.98. The second-order valence-electron chi connectivity index (χ2n) is 7.24. The number of nitrogens with one attached hydrogen (secondary N) is 1. The van der Waals surface area contributed by atoms with E-state index in [1.54, 1.807) is 6.20 Å². The molecule has 0 aliphatic carbocycles. The predicted octanol–water partition coefficient (Wildman–Crippen LogP) is 3.71. The SMILES string of the molecule is CN(C)Cc1ccc(-c2ccccc2CNC(=O)CCCn2cccn2)cc1. The van der Waals surface area contributed by atoms with Crippen LogP contribution in [0.3, 0.4) is 0 Å². The molecular formula is C23H28N4O. The summed E-state index contributed by atoms with van der Waals surface area (Å²) < 4.78 is 1.85. The van der Waals surface area contributed by atoms with Crippen LogP contribution in [0.25, 0.3) is 11.1 Å². The lowest BCUT2D eigenvalue weighted by Crippen LogP contribution is -2.23. The molecular weight excluding hydrogens is 348 g/mol. The van der Waals surface area contributed by atoms with Gasteiger partial charge in [-0.2, -0.15) is 5.10 Å². The number of aromatic nitrogens is 2. The highest BCUT2D eigenvalue weighted by Crippen LogP contribution is 2.24. The molecule has 3 aromatic rings. The fourth-order valence-corrected chi connectivity index (χ4v) is 3.23. The van der Waals surface area contributed by atoms with E-state index in [1.807, 2.05) is 29.1 Å². The van der Waals surface area contributed by atoms with Gasteiger partial charge >= 0.3 is 0 Å². The number of aryl methyl sites for hydroxylation is 1. The molecule has 0 saturated carbocycles. The normalized spacial score (nSPS) is 11.0. The van der Waals surface area contributed by atoms with Crippen LogP contribution in [-0.2, 0) is 24.4 Å². The Morgan fingerprint density at radius 1 is 1.07 bits per heavy atom. The van der Waals surface area contributed by atoms with Gasteiger partial charge in [0, 0.05) is 38.4 Å². The first-order valence-electron chi connectivity index (χ1n) is 9.68. The smallest absolute Gasteiger partial charge is 0.220 e. The van der Waals surface area contributed by atoms with Crippen molar-refractivity contribution in [1.82, 2.24) is 20.0 Å². The number of carbonyl (C=O) groups excluding carboxylic acids is 1. The van der Waals surface area contributed by atoms with Gasteiger partial charge in [-0.15, -0.1) is 0 Å². The minimum atomic E-state index is 0.0725. The van der Waals surface area contributed by atoms with Crippen LogP contribution in [0.4, 0.5) is 0 Å². The number of carbonyl (C=O) groups is 1. The summed E-state index contributed by atoms with van der Waals surface area (Å²) in [5, 5.41) is 7.21. The van der Waals surface area contributed by atoms with E-state index in [2.05, 4.69) is 65.8 Å². The van der Waals surface area contributed by atoms with Crippen molar-refractivity contribution in [2.24, 2.45) is 0 Å². The Labute approximate surface area is 167 Å². The maximum atomic E-state index is 12.2. The Hall–Kier alpha value is -2.92. The van der Waals surface area contributed by atoms with E-state index in [-0.39, 0.29) is 5.91 Å². The lowest BCUT2D eigenvalue weighted by Gasteiger charge is -2.13. The van der Waals surface area contributed by atoms with Crippen molar-refractivity contribution in [2.75, 3.05) is 14.1 Å². The van der Waals surface area contributed by atoms with Gasteiger partial charge in [0.1, 0.15) is 0 Å². The zero-order valence-corrected chi connectivity index (χ0v) is 16.6. The number of amides is 1. The van der Waals surface area contributed by atoms with Gasteiger partial charge < -0.3 is 10.2 Å². The number of hydrogen-bond donors (Lipinski definition) is 1. The summed E-state index contributed by atoms with van der Waals surface area (Å²) in [4.78, 5) is 14.4. The van der Waals surface area contributed by atoms with Crippen molar-refractivity contribution in [3.63, 3.8) is 0 Å². The van der Waals surface area contributed by atoms with E-state index in [0.717, 1.165) is 30.6 Å². The molecule has 146 valence electrons. The van der Waals surface area contributed by atoms with Crippen LogP contribution in [0.15, 0.2) is 67.0 Å². The van der Waals surface area contributed by atoms with Gasteiger partial charge in [-0.05, 0) is 48.8 Å². The summed E-state index contributed by atoms with van der Waals surface area (Å²) in [6, 6.07) is 18.8. The largest absolute Gasteiger partial charge is 0.352 e. The Morgan fingerprint density at radius 2 is 1.86 bits per heavy atom. The fourth-order valence-electron chi connectivity index (χ4n) is 3.23. The molecule has 28 heavy (non-hydrogen) atoms. The third-order valence-electron chi connectivity index (χ3n) is 4.61. The molecule has 0 bridgehead atoms. The summed E-state index contributed by atoms with van der Waals surface area (Å²) >= 11 is 0. The second kappa shape index (κ2) is 9.85. The van der Waals surface area contributed by atoms with Gasteiger partial charge in [0.15, 0.2) is 0 Å². The van der Waals surface area contributed by atoms with Crippen LogP contribution in [0.5, 0.6) is 0 Å². The first kappa shape index (κ1) is 19.8. The fraction of sp³-hybridized carbons (Fsp3) is 0.304. The molecule has 5 nitrogen and oxygen atoms in total. The summed E-state index contributed by atoms with van der Waals surface area (Å²) in [7, 11) is 4.14. The van der Waals surface area contributed by atoms with Crippen molar-refractivity contribution in [3.05, 3.63) is 78.1 Å². The van der Waals surface area contributed by atoms with Crippen molar-refractivity contribution in [2.45, 2.75) is 32.5 Å². The van der Waals surface area contributed by atoms with Crippen molar-refractivity contribution in [1.29, 1.82) is 0 Å². The van der Waals surface area contributed by atoms with Crippen LogP contribution < -0.4 is 5.32 Å². The Balaban J connectivity index is 1.56. The minimum absolute atomic E-state index is 0.0725. The molecule has 0 radical (unpaired) electrons. The first-order valence-corrected chi connectivity index (χ1v) is 9.68. The predicted molar refractivity (Wildman–Crippen MR) is 113 cm³/mol. The van der Waals surface area contributed by atoms with E-state index in [4.69, 9.17) is 0 Å². The van der Waals surface area contributed by atoms with E-state index >= 15 is 0 Å². The Bertz CT molecular complexity index is 870. The van der Waals surface area contributed by atoms with Gasteiger partial charge in [0.2, 0.25) is 5.91 Å². The molecule has 3 rings (SSSR count). The molecule has 1 aromatic heterocycles. The summed E-state index contributed by atoms with van der Waals surface area (Å²) in [5.74, 6) is 0.0725. The van der Waals surface area contributed by atoms with Crippen LogP contribution >= 0.6 is 0 Å². The van der Waals surface area contributed by atoms with Gasteiger partial charge in [-0.3, -0.25) is 9.48 Å². The topological polar surface area (TPSA) is 50.2 Å². The zero-order valence-electron chi connectivity index (χ0n) is 16.6. The second-order valence-corrected chi connectivity index (χ2v) is 7.24. The highest BCUT2D eigenvalue weighted by Gasteiger charge is 2.07. The first-order chi connectivity index (χ1) is 13.6. The molecule has 0 aliphatic rings. The third kappa shape index (κ3) is 5.79. The van der Waals surface area contributed by atoms with Crippen LogP contribution in [0, 0.1) is 0 Å². The van der Waals surface area contributed by atoms with Crippen LogP contribution in [0.2, 0.25) is 0 Å². The van der Waals surface area contributed by atoms with Gasteiger partial charge in [0.25, 0.3) is 0 Å². The zero-order chi connectivity index (χ0) is 19.8. The molecule has 0 aliphatic heterocycles. The average molecular weight is 377 g/mol. The van der Waals surface area contributed by atoms with Crippen molar-refractivity contribution < 1.29 is 4.79 Å². The number of hydrogen-bond acceptors (Lipinski definition) is 3. The quantitative estimate of drug-likeness (QED) is 0.619. The molecule has 0 fully saturated rings. The number of rotatable bonds is 9. The van der Waals surface area contributed by atoms with E-state index in [9.17, 15) is 4.79 Å². The van der Waals surface area contributed by atoms with E-state index in [0.29, 0.717) is 13.0 Å². The van der Waals surface area contributed by atoms with Crippen molar-refractivity contribution >= 4 is 5.91 Å². The van der Waals surface area contributed by atoms with Gasteiger partial charge in [-0.1, -0.05) is 48.5 Å². The number of benzene rings is 2. The minimum Gasteiger partial charge on any atom is -0.352 e. The summed E-state index contributed by atoms with van der Waals surface area (Å²) in [5.41, 5.74) is 4.75. The van der Waals surface area contributed by atoms with Crippen LogP contribution in [-0.4, -0.2) is 34.7 Å². The molecule has 5 heteroatoms. The Morgan fingerprint density at radius 3 is 2.57 bits per heavy atom. The molecule has 1 heterocycles. The Kier molecular flexibility index (Phi) is 6.98. The standard InChI is InChI=1S/C23H28N4O/c1-26(2)18-19-10-12-20(13-11-19)22-8-4-3-7-21(22)17-24-23(28)9-5-15-27-16-6-14-25-27/h3-4,6-8,10-14,16H,5,9,15,17-18H2,1-2H3,(H,24,28). The molecule has 0 spiro atoms. The average Bonchev–Trinajstić information content (AvgIpc) is 3.20. The molecule has 0 unspecified atom stereocenters. The highest BCUT2D eigenvalue weighted by atomic mass is 16.1. The maximum absolute atomic E-state index is 12.2. The van der Waals surface area contributed by atoms with Crippen molar-refractivity contribution in [3.8, 4) is 11.1 Å².